The van der Waals surface area contributed by atoms with Gasteiger partial charge in [-0.1, -0.05) is 13.2 Å². The third-order valence-electron chi connectivity index (χ3n) is 4.57. The van der Waals surface area contributed by atoms with Gasteiger partial charge in [0.15, 0.2) is 0 Å². The summed E-state index contributed by atoms with van der Waals surface area (Å²) in [5, 5.41) is 9.50. The number of alkyl halides is 15. The number of hydrogen-bond acceptors (Lipinski definition) is 5. The zero-order valence-corrected chi connectivity index (χ0v) is 18.0. The second-order valence-electron chi connectivity index (χ2n) is 7.12. The number of benzene rings is 1. The van der Waals surface area contributed by atoms with Gasteiger partial charge < -0.3 is 14.6 Å². The van der Waals surface area contributed by atoms with E-state index < -0.39 is 94.7 Å². The summed E-state index contributed by atoms with van der Waals surface area (Å²) in [6.45, 7) is 4.61. The van der Waals surface area contributed by atoms with Crippen LogP contribution in [0.5, 0.6) is 5.75 Å². The zero-order valence-electron chi connectivity index (χ0n) is 18.0. The van der Waals surface area contributed by atoms with Gasteiger partial charge in [0.25, 0.3) is 5.60 Å². The van der Waals surface area contributed by atoms with Gasteiger partial charge in [0, 0.05) is 17.2 Å². The van der Waals surface area contributed by atoms with Crippen molar-refractivity contribution in [2.75, 3.05) is 0 Å². The van der Waals surface area contributed by atoms with E-state index in [4.69, 9.17) is 0 Å². The molecule has 39 heavy (non-hydrogen) atoms. The van der Waals surface area contributed by atoms with E-state index in [1.807, 2.05) is 6.58 Å². The second-order valence-corrected chi connectivity index (χ2v) is 7.12. The molecule has 20 heteroatoms. The number of ether oxygens (including phenoxy) is 2. The third-order valence-corrected chi connectivity index (χ3v) is 4.57. The van der Waals surface area contributed by atoms with Gasteiger partial charge in [0.1, 0.15) is 11.3 Å². The first-order valence-corrected chi connectivity index (χ1v) is 9.07. The van der Waals surface area contributed by atoms with Crippen molar-refractivity contribution in [1.82, 2.24) is 0 Å². The van der Waals surface area contributed by atoms with Crippen LogP contribution >= 0.6 is 0 Å². The van der Waals surface area contributed by atoms with E-state index in [0.29, 0.717) is 0 Å². The molecule has 0 aliphatic carbocycles. The fourth-order valence-electron chi connectivity index (χ4n) is 2.70. The molecule has 0 fully saturated rings. The Morgan fingerprint density at radius 3 is 1.46 bits per heavy atom. The molecular formula is C19H9F15O5. The van der Waals surface area contributed by atoms with E-state index in [1.54, 1.807) is 0 Å². The highest BCUT2D eigenvalue weighted by Gasteiger charge is 2.77. The Kier molecular flexibility index (Phi) is 8.56. The Labute approximate surface area is 205 Å². The first kappa shape index (κ1) is 33.6. The van der Waals surface area contributed by atoms with Crippen molar-refractivity contribution in [3.63, 3.8) is 0 Å². The molecule has 0 radical (unpaired) electrons. The summed E-state index contributed by atoms with van der Waals surface area (Å²) in [6.07, 6.45) is -34.2. The molecule has 0 aliphatic heterocycles. The van der Waals surface area contributed by atoms with Crippen LogP contribution < -0.4 is 4.74 Å². The standard InChI is InChI=1S/C19H9F15O5/c1-3-11(35)38-10-5-8(13(37,16(23,24)25)17(26,27)28)4-9(6-10)14(18(29,30)31,19(32,33)34)39-12(36)7(2)15(20,21)22/h3-6,37H,1-2H2. The normalized spacial score (nSPS) is 14.1. The third kappa shape index (κ3) is 6.09. The molecule has 0 amide bonds. The molecule has 0 bridgehead atoms. The van der Waals surface area contributed by atoms with Gasteiger partial charge in [-0.05, 0) is 18.2 Å². The molecule has 0 heterocycles. The molecule has 0 aliphatic rings. The van der Waals surface area contributed by atoms with Crippen LogP contribution in [0.1, 0.15) is 11.1 Å². The largest absolute Gasteiger partial charge is 0.442 e. The minimum Gasteiger partial charge on any atom is -0.431 e. The molecule has 0 atom stereocenters. The van der Waals surface area contributed by atoms with E-state index >= 15 is 0 Å². The van der Waals surface area contributed by atoms with Gasteiger partial charge in [-0.3, -0.25) is 0 Å². The maximum Gasteiger partial charge on any atom is 0.442 e. The Bertz CT molecular complexity index is 1110. The molecule has 0 spiro atoms. The monoisotopic (exact) mass is 602 g/mol. The van der Waals surface area contributed by atoms with Crippen LogP contribution in [0.3, 0.4) is 0 Å². The second kappa shape index (κ2) is 9.94. The van der Waals surface area contributed by atoms with E-state index in [1.165, 1.54) is 0 Å². The number of rotatable bonds is 6. The highest BCUT2D eigenvalue weighted by Crippen LogP contribution is 2.56. The van der Waals surface area contributed by atoms with Crippen LogP contribution in [-0.2, 0) is 25.5 Å². The number of esters is 2. The van der Waals surface area contributed by atoms with Gasteiger partial charge in [0.05, 0.1) is 0 Å². The lowest BCUT2D eigenvalue weighted by molar-refractivity contribution is -0.379. The van der Waals surface area contributed by atoms with Crippen LogP contribution in [0.2, 0.25) is 0 Å². The molecule has 1 rings (SSSR count). The van der Waals surface area contributed by atoms with Crippen molar-refractivity contribution >= 4 is 11.9 Å². The first-order valence-electron chi connectivity index (χ1n) is 9.07. The summed E-state index contributed by atoms with van der Waals surface area (Å²) in [6, 6.07) is -2.63. The smallest absolute Gasteiger partial charge is 0.431 e. The molecular weight excluding hydrogens is 593 g/mol. The van der Waals surface area contributed by atoms with Gasteiger partial charge in [-0.2, -0.15) is 65.9 Å². The summed E-state index contributed by atoms with van der Waals surface area (Å²) >= 11 is 0. The van der Waals surface area contributed by atoms with Crippen LogP contribution in [0.4, 0.5) is 65.9 Å². The summed E-state index contributed by atoms with van der Waals surface area (Å²) in [7, 11) is 0. The topological polar surface area (TPSA) is 72.8 Å². The Balaban J connectivity index is 4.35. The van der Waals surface area contributed by atoms with Crippen LogP contribution in [0.25, 0.3) is 0 Å². The molecule has 0 saturated heterocycles. The van der Waals surface area contributed by atoms with Crippen molar-refractivity contribution in [2.24, 2.45) is 0 Å². The molecule has 0 aromatic heterocycles. The summed E-state index contributed by atoms with van der Waals surface area (Å²) in [5.41, 5.74) is -21.6. The van der Waals surface area contributed by atoms with Crippen LogP contribution in [0.15, 0.2) is 43.0 Å². The quantitative estimate of drug-likeness (QED) is 0.185. The minimum atomic E-state index is -7.18. The Morgan fingerprint density at radius 1 is 0.718 bits per heavy atom. The number of carbonyl (C=O) groups excluding carboxylic acids is 2. The SMILES string of the molecule is C=CC(=O)Oc1cc(C(O)(C(F)(F)F)C(F)(F)F)cc(C(OC(=O)C(=C)C(F)(F)F)(C(F)(F)F)C(F)(F)F)c1. The molecule has 220 valence electrons. The van der Waals surface area contributed by atoms with Crippen LogP contribution in [0, 0.1) is 0 Å². The molecule has 1 N–H and O–H groups in total. The highest BCUT2D eigenvalue weighted by molar-refractivity contribution is 5.89. The van der Waals surface area contributed by atoms with Crippen molar-refractivity contribution < 1.29 is 90.0 Å². The van der Waals surface area contributed by atoms with E-state index in [2.05, 4.69) is 16.1 Å². The van der Waals surface area contributed by atoms with Crippen molar-refractivity contribution in [1.29, 1.82) is 0 Å². The van der Waals surface area contributed by atoms with Gasteiger partial charge in [-0.15, -0.1) is 0 Å². The Hall–Kier alpha value is -3.45. The lowest BCUT2D eigenvalue weighted by Gasteiger charge is -2.38. The lowest BCUT2D eigenvalue weighted by Crippen LogP contribution is -2.58. The average molecular weight is 602 g/mol. The molecule has 0 saturated carbocycles. The first-order chi connectivity index (χ1) is 17.1. The predicted molar refractivity (Wildman–Crippen MR) is 93.4 cm³/mol. The maximum atomic E-state index is 13.9. The van der Waals surface area contributed by atoms with Gasteiger partial charge in [0.2, 0.25) is 0 Å². The van der Waals surface area contributed by atoms with E-state index in [9.17, 15) is 80.6 Å². The van der Waals surface area contributed by atoms with Gasteiger partial charge >= 0.3 is 48.4 Å². The van der Waals surface area contributed by atoms with E-state index in [-0.39, 0.29) is 6.08 Å². The van der Waals surface area contributed by atoms with Crippen molar-refractivity contribution in [2.45, 2.75) is 42.1 Å². The highest BCUT2D eigenvalue weighted by atomic mass is 19.4. The van der Waals surface area contributed by atoms with Crippen molar-refractivity contribution in [3.05, 3.63) is 54.1 Å². The fraction of sp³-hybridized carbons (Fsp3) is 0.368. The molecule has 1 aromatic carbocycles. The fourth-order valence-corrected chi connectivity index (χ4v) is 2.70. The number of aliphatic hydroxyl groups is 1. The predicted octanol–water partition coefficient (Wildman–Crippen LogP) is 6.07. The van der Waals surface area contributed by atoms with Gasteiger partial charge in [-0.25, -0.2) is 9.59 Å². The minimum absolute atomic E-state index is 0.0835. The van der Waals surface area contributed by atoms with Crippen LogP contribution in [-0.4, -0.2) is 47.9 Å². The summed E-state index contributed by atoms with van der Waals surface area (Å²) < 4.78 is 208. The molecule has 1 aromatic rings. The number of carbonyl (C=O) groups is 2. The molecule has 5 nitrogen and oxygen atoms in total. The molecule has 0 unspecified atom stereocenters. The van der Waals surface area contributed by atoms with Crippen molar-refractivity contribution in [3.8, 4) is 5.75 Å². The summed E-state index contributed by atoms with van der Waals surface area (Å²) in [5.74, 6) is -7.38. The lowest BCUT2D eigenvalue weighted by atomic mass is 9.85. The van der Waals surface area contributed by atoms with E-state index in [0.717, 1.165) is 0 Å². The maximum absolute atomic E-state index is 13.9. The summed E-state index contributed by atoms with van der Waals surface area (Å²) in [4.78, 5) is 23.0. The zero-order chi connectivity index (χ0) is 31.2. The number of halogens is 15. The average Bonchev–Trinajstić information content (AvgIpc) is 2.71. The number of hydrogen-bond donors (Lipinski definition) is 1. The Morgan fingerprint density at radius 2 is 1.13 bits per heavy atom.